The monoisotopic (exact) mass is 337 g/mol. The van der Waals surface area contributed by atoms with Crippen LogP contribution < -0.4 is 4.72 Å². The molecule has 2 atom stereocenters. The highest BCUT2D eigenvalue weighted by Gasteiger charge is 2.40. The standard InChI is InChI=1S/C10H12BrNO3S2/c1-5-3-7(5)10(13)12-17(14,15)8-4-6(2)9(11)16-8/h4-5,7H,3H2,1-2H3,(H,12,13)/t5-,7+/m1/s1. The minimum Gasteiger partial charge on any atom is -0.274 e. The van der Waals surface area contributed by atoms with E-state index in [9.17, 15) is 13.2 Å². The molecule has 0 saturated heterocycles. The van der Waals surface area contributed by atoms with E-state index in [0.717, 1.165) is 27.1 Å². The molecule has 0 radical (unpaired) electrons. The van der Waals surface area contributed by atoms with Crippen LogP contribution >= 0.6 is 27.3 Å². The van der Waals surface area contributed by atoms with Gasteiger partial charge in [0.2, 0.25) is 5.91 Å². The molecular formula is C10H12BrNO3S2. The van der Waals surface area contributed by atoms with Gasteiger partial charge in [0.25, 0.3) is 10.0 Å². The number of aryl methyl sites for hydroxylation is 1. The first-order valence-corrected chi connectivity index (χ1v) is 8.23. The second-order valence-electron chi connectivity index (χ2n) is 4.31. The van der Waals surface area contributed by atoms with Crippen LogP contribution in [-0.4, -0.2) is 14.3 Å². The van der Waals surface area contributed by atoms with Crippen LogP contribution in [0.1, 0.15) is 18.9 Å². The van der Waals surface area contributed by atoms with Gasteiger partial charge in [0.15, 0.2) is 0 Å². The summed E-state index contributed by atoms with van der Waals surface area (Å²) < 4.78 is 26.9. The van der Waals surface area contributed by atoms with E-state index in [1.165, 1.54) is 0 Å². The zero-order valence-corrected chi connectivity index (χ0v) is 12.6. The third kappa shape index (κ3) is 2.71. The molecule has 1 aromatic heterocycles. The maximum atomic E-state index is 11.9. The molecule has 94 valence electrons. The van der Waals surface area contributed by atoms with E-state index >= 15 is 0 Å². The molecule has 1 amide bonds. The number of rotatable bonds is 3. The fourth-order valence-electron chi connectivity index (χ4n) is 1.51. The molecule has 4 nitrogen and oxygen atoms in total. The first-order valence-electron chi connectivity index (χ1n) is 5.14. The van der Waals surface area contributed by atoms with Crippen molar-refractivity contribution in [1.29, 1.82) is 0 Å². The van der Waals surface area contributed by atoms with E-state index in [2.05, 4.69) is 20.7 Å². The minimum atomic E-state index is -3.70. The van der Waals surface area contributed by atoms with Crippen LogP contribution in [0.2, 0.25) is 0 Å². The second kappa shape index (κ2) is 4.37. The van der Waals surface area contributed by atoms with Crippen LogP contribution in [0.3, 0.4) is 0 Å². The molecular weight excluding hydrogens is 326 g/mol. The summed E-state index contributed by atoms with van der Waals surface area (Å²) in [5, 5.41) is 0. The van der Waals surface area contributed by atoms with Gasteiger partial charge in [0.05, 0.1) is 3.79 Å². The highest BCUT2D eigenvalue weighted by atomic mass is 79.9. The Morgan fingerprint density at radius 2 is 2.18 bits per heavy atom. The summed E-state index contributed by atoms with van der Waals surface area (Å²) in [6.07, 6.45) is 0.772. The number of amides is 1. The number of halogens is 1. The molecule has 1 heterocycles. The van der Waals surface area contributed by atoms with E-state index in [-0.39, 0.29) is 16.0 Å². The van der Waals surface area contributed by atoms with E-state index in [4.69, 9.17) is 0 Å². The van der Waals surface area contributed by atoms with Crippen molar-refractivity contribution in [2.45, 2.75) is 24.5 Å². The molecule has 0 unspecified atom stereocenters. The third-order valence-electron chi connectivity index (χ3n) is 2.78. The molecule has 7 heteroatoms. The Balaban J connectivity index is 2.16. The molecule has 0 aliphatic heterocycles. The van der Waals surface area contributed by atoms with Crippen molar-refractivity contribution < 1.29 is 13.2 Å². The Kier molecular flexibility index (Phi) is 3.35. The van der Waals surface area contributed by atoms with Gasteiger partial charge >= 0.3 is 0 Å². The van der Waals surface area contributed by atoms with Crippen LogP contribution in [0.5, 0.6) is 0 Å². The van der Waals surface area contributed by atoms with Gasteiger partial charge in [0, 0.05) is 5.92 Å². The van der Waals surface area contributed by atoms with Crippen molar-refractivity contribution in [2.24, 2.45) is 11.8 Å². The zero-order valence-electron chi connectivity index (χ0n) is 9.36. The molecule has 17 heavy (non-hydrogen) atoms. The molecule has 1 aliphatic rings. The normalized spacial score (nSPS) is 23.5. The van der Waals surface area contributed by atoms with Gasteiger partial charge in [-0.25, -0.2) is 13.1 Å². The van der Waals surface area contributed by atoms with Gasteiger partial charge in [-0.3, -0.25) is 4.79 Å². The first kappa shape index (κ1) is 13.0. The minimum absolute atomic E-state index is 0.144. The van der Waals surface area contributed by atoms with Gasteiger partial charge in [-0.05, 0) is 46.8 Å². The third-order valence-corrected chi connectivity index (χ3v) is 6.74. The number of carbonyl (C=O) groups is 1. The molecule has 1 aliphatic carbocycles. The molecule has 1 aromatic rings. The predicted octanol–water partition coefficient (Wildman–Crippen LogP) is 2.28. The van der Waals surface area contributed by atoms with Crippen LogP contribution in [-0.2, 0) is 14.8 Å². The molecule has 1 N–H and O–H groups in total. The fourth-order valence-corrected chi connectivity index (χ4v) is 4.76. The number of carbonyl (C=O) groups excluding carboxylic acids is 1. The topological polar surface area (TPSA) is 63.2 Å². The highest BCUT2D eigenvalue weighted by Crippen LogP contribution is 2.38. The number of thiophene rings is 1. The van der Waals surface area contributed by atoms with Crippen LogP contribution in [0.25, 0.3) is 0 Å². The molecule has 1 fully saturated rings. The van der Waals surface area contributed by atoms with E-state index in [1.807, 2.05) is 13.8 Å². The number of nitrogens with one attached hydrogen (secondary N) is 1. The Hall–Kier alpha value is -0.400. The number of hydrogen-bond donors (Lipinski definition) is 1. The number of sulfonamides is 1. The summed E-state index contributed by atoms with van der Waals surface area (Å²) in [6.45, 7) is 3.74. The van der Waals surface area contributed by atoms with Gasteiger partial charge in [0.1, 0.15) is 4.21 Å². The lowest BCUT2D eigenvalue weighted by Gasteiger charge is -2.03. The predicted molar refractivity (Wildman–Crippen MR) is 69.4 cm³/mol. The van der Waals surface area contributed by atoms with Gasteiger partial charge in [-0.1, -0.05) is 6.92 Å². The summed E-state index contributed by atoms with van der Waals surface area (Å²) in [4.78, 5) is 11.6. The quantitative estimate of drug-likeness (QED) is 0.920. The average Bonchev–Trinajstić information content (AvgIpc) is 2.84. The van der Waals surface area contributed by atoms with E-state index < -0.39 is 10.0 Å². The Morgan fingerprint density at radius 1 is 1.59 bits per heavy atom. The van der Waals surface area contributed by atoms with Gasteiger partial charge in [-0.15, -0.1) is 11.3 Å². The van der Waals surface area contributed by atoms with Crippen LogP contribution in [0, 0.1) is 18.8 Å². The largest absolute Gasteiger partial charge is 0.274 e. The Bertz CT molecular complexity index is 545. The van der Waals surface area contributed by atoms with Gasteiger partial charge < -0.3 is 0 Å². The summed E-state index contributed by atoms with van der Waals surface area (Å²) in [7, 11) is -3.70. The lowest BCUT2D eigenvalue weighted by molar-refractivity contribution is -0.120. The van der Waals surface area contributed by atoms with Crippen molar-refractivity contribution in [2.75, 3.05) is 0 Å². The zero-order chi connectivity index (χ0) is 12.8. The first-order chi connectivity index (χ1) is 7.81. The van der Waals surface area contributed by atoms with Gasteiger partial charge in [-0.2, -0.15) is 0 Å². The SMILES string of the molecule is Cc1cc(S(=O)(=O)NC(=O)[C@H]2C[C@H]2C)sc1Br. The lowest BCUT2D eigenvalue weighted by Crippen LogP contribution is -2.31. The molecule has 0 spiro atoms. The maximum Gasteiger partial charge on any atom is 0.273 e. The average molecular weight is 338 g/mol. The van der Waals surface area contributed by atoms with Crippen LogP contribution in [0.4, 0.5) is 0 Å². The lowest BCUT2D eigenvalue weighted by atomic mass is 10.3. The molecule has 1 saturated carbocycles. The van der Waals surface area contributed by atoms with Crippen molar-refractivity contribution in [3.8, 4) is 0 Å². The maximum absolute atomic E-state index is 11.9. The molecule has 2 rings (SSSR count). The Morgan fingerprint density at radius 3 is 2.59 bits per heavy atom. The smallest absolute Gasteiger partial charge is 0.273 e. The Labute approximate surface area is 113 Å². The molecule has 0 bridgehead atoms. The summed E-state index contributed by atoms with van der Waals surface area (Å²) >= 11 is 4.38. The van der Waals surface area contributed by atoms with Crippen LogP contribution in [0.15, 0.2) is 14.1 Å². The van der Waals surface area contributed by atoms with E-state index in [0.29, 0.717) is 5.92 Å². The second-order valence-corrected chi connectivity index (χ2v) is 8.59. The van der Waals surface area contributed by atoms with Crippen molar-refractivity contribution in [3.05, 3.63) is 15.4 Å². The van der Waals surface area contributed by atoms with Crippen molar-refractivity contribution in [1.82, 2.24) is 4.72 Å². The molecule has 0 aromatic carbocycles. The van der Waals surface area contributed by atoms with E-state index in [1.54, 1.807) is 6.07 Å². The summed E-state index contributed by atoms with van der Waals surface area (Å²) in [5.41, 5.74) is 0.850. The van der Waals surface area contributed by atoms with Crippen molar-refractivity contribution in [3.63, 3.8) is 0 Å². The summed E-state index contributed by atoms with van der Waals surface area (Å²) in [6, 6.07) is 1.56. The van der Waals surface area contributed by atoms with Crippen molar-refractivity contribution >= 4 is 43.2 Å². The highest BCUT2D eigenvalue weighted by molar-refractivity contribution is 9.11. The number of hydrogen-bond acceptors (Lipinski definition) is 4. The fraction of sp³-hybridized carbons (Fsp3) is 0.500. The summed E-state index contributed by atoms with van der Waals surface area (Å²) in [5.74, 6) is -0.240.